The van der Waals surface area contributed by atoms with Crippen molar-refractivity contribution >= 4 is 5.91 Å². The standard InChI is InChI=1S/C16H24F2N2O4/c17-16(18)24-13-3-1-2-11(9-13)15(21)19-7-6-10-8-12(20(22)23)4-5-14(10)19/h10-14,16H,1-9H2. The number of nitrogens with zero attached hydrogens (tertiary/aromatic N) is 2. The Morgan fingerprint density at radius 2 is 1.96 bits per heavy atom. The molecule has 3 aliphatic rings. The number of carbonyl (C=O) groups excluding carboxylic acids is 1. The van der Waals surface area contributed by atoms with E-state index >= 15 is 0 Å². The fraction of sp³-hybridized carbons (Fsp3) is 0.938. The fourth-order valence-corrected chi connectivity index (χ4v) is 4.75. The Kier molecular flexibility index (Phi) is 5.32. The van der Waals surface area contributed by atoms with Crippen molar-refractivity contribution in [1.29, 1.82) is 0 Å². The van der Waals surface area contributed by atoms with Gasteiger partial charge in [0.25, 0.3) is 0 Å². The second-order valence-electron chi connectivity index (χ2n) is 7.28. The summed E-state index contributed by atoms with van der Waals surface area (Å²) in [6.45, 7) is -2.16. The van der Waals surface area contributed by atoms with Gasteiger partial charge in [-0.25, -0.2) is 0 Å². The summed E-state index contributed by atoms with van der Waals surface area (Å²) in [4.78, 5) is 25.5. The summed E-state index contributed by atoms with van der Waals surface area (Å²) in [5.74, 6) is -0.0195. The highest BCUT2D eigenvalue weighted by Crippen LogP contribution is 2.39. The van der Waals surface area contributed by atoms with E-state index in [0.29, 0.717) is 45.1 Å². The van der Waals surface area contributed by atoms with Crippen molar-refractivity contribution in [3.05, 3.63) is 10.1 Å². The van der Waals surface area contributed by atoms with Gasteiger partial charge in [-0.05, 0) is 38.0 Å². The minimum absolute atomic E-state index is 0.0321. The molecule has 0 aromatic heterocycles. The fourth-order valence-electron chi connectivity index (χ4n) is 4.75. The molecule has 2 saturated carbocycles. The normalized spacial score (nSPS) is 36.6. The second kappa shape index (κ2) is 7.29. The molecule has 8 heteroatoms. The lowest BCUT2D eigenvalue weighted by Crippen LogP contribution is -2.46. The lowest BCUT2D eigenvalue weighted by Gasteiger charge is -2.36. The van der Waals surface area contributed by atoms with Crippen LogP contribution in [-0.2, 0) is 9.53 Å². The van der Waals surface area contributed by atoms with Gasteiger partial charge in [-0.15, -0.1) is 0 Å². The van der Waals surface area contributed by atoms with Gasteiger partial charge in [-0.3, -0.25) is 14.9 Å². The summed E-state index contributed by atoms with van der Waals surface area (Å²) in [7, 11) is 0. The summed E-state index contributed by atoms with van der Waals surface area (Å²) in [6, 6.07) is -0.398. The van der Waals surface area contributed by atoms with Crippen LogP contribution in [0.1, 0.15) is 51.4 Å². The van der Waals surface area contributed by atoms with Crippen LogP contribution in [0.25, 0.3) is 0 Å². The predicted octanol–water partition coefficient (Wildman–Crippen LogP) is 2.83. The highest BCUT2D eigenvalue weighted by Gasteiger charge is 2.45. The highest BCUT2D eigenvalue weighted by atomic mass is 19.3. The maximum Gasteiger partial charge on any atom is 0.345 e. The van der Waals surface area contributed by atoms with Crippen molar-refractivity contribution in [3.8, 4) is 0 Å². The molecular weight excluding hydrogens is 322 g/mol. The van der Waals surface area contributed by atoms with Gasteiger partial charge < -0.3 is 9.64 Å². The smallest absolute Gasteiger partial charge is 0.339 e. The summed E-state index contributed by atoms with van der Waals surface area (Å²) >= 11 is 0. The van der Waals surface area contributed by atoms with Crippen LogP contribution in [0.5, 0.6) is 0 Å². The number of hydrogen-bond acceptors (Lipinski definition) is 4. The van der Waals surface area contributed by atoms with Crippen LogP contribution in [0.15, 0.2) is 0 Å². The zero-order chi connectivity index (χ0) is 17.3. The van der Waals surface area contributed by atoms with Crippen LogP contribution < -0.4 is 0 Å². The Morgan fingerprint density at radius 1 is 1.17 bits per heavy atom. The first-order chi connectivity index (χ1) is 11.5. The average Bonchev–Trinajstić information content (AvgIpc) is 2.96. The number of likely N-dealkylation sites (tertiary alicyclic amines) is 1. The number of amides is 1. The molecule has 136 valence electrons. The van der Waals surface area contributed by atoms with Crippen molar-refractivity contribution in [2.75, 3.05) is 6.54 Å². The lowest BCUT2D eigenvalue weighted by atomic mass is 9.81. The monoisotopic (exact) mass is 346 g/mol. The number of nitro groups is 1. The first kappa shape index (κ1) is 17.5. The molecule has 1 saturated heterocycles. The van der Waals surface area contributed by atoms with Gasteiger partial charge in [0.15, 0.2) is 0 Å². The van der Waals surface area contributed by atoms with Gasteiger partial charge in [0, 0.05) is 36.3 Å². The molecular formula is C16H24F2N2O4. The molecule has 1 amide bonds. The third-order valence-electron chi connectivity index (χ3n) is 5.91. The Balaban J connectivity index is 1.59. The Morgan fingerprint density at radius 3 is 2.67 bits per heavy atom. The molecule has 0 bridgehead atoms. The van der Waals surface area contributed by atoms with Crippen LogP contribution in [-0.4, -0.2) is 47.1 Å². The van der Waals surface area contributed by atoms with E-state index in [4.69, 9.17) is 0 Å². The van der Waals surface area contributed by atoms with Crippen LogP contribution in [0.3, 0.4) is 0 Å². The van der Waals surface area contributed by atoms with Crippen LogP contribution in [0.2, 0.25) is 0 Å². The second-order valence-corrected chi connectivity index (χ2v) is 7.28. The van der Waals surface area contributed by atoms with Crippen LogP contribution in [0, 0.1) is 22.0 Å². The number of carbonyl (C=O) groups is 1. The zero-order valence-corrected chi connectivity index (χ0v) is 13.6. The van der Waals surface area contributed by atoms with Gasteiger partial charge in [-0.1, -0.05) is 6.42 Å². The molecule has 2 aliphatic carbocycles. The first-order valence-electron chi connectivity index (χ1n) is 8.83. The maximum atomic E-state index is 12.9. The molecule has 1 aliphatic heterocycles. The van der Waals surface area contributed by atoms with Gasteiger partial charge in [0.2, 0.25) is 11.9 Å². The first-order valence-corrected chi connectivity index (χ1v) is 8.83. The molecule has 0 aromatic carbocycles. The number of ether oxygens (including phenoxy) is 1. The predicted molar refractivity (Wildman–Crippen MR) is 81.1 cm³/mol. The highest BCUT2D eigenvalue weighted by molar-refractivity contribution is 5.79. The van der Waals surface area contributed by atoms with E-state index < -0.39 is 18.8 Å². The number of rotatable bonds is 4. The van der Waals surface area contributed by atoms with E-state index in [1.54, 1.807) is 0 Å². The molecule has 6 nitrogen and oxygen atoms in total. The number of halogens is 2. The van der Waals surface area contributed by atoms with E-state index in [0.717, 1.165) is 12.8 Å². The lowest BCUT2D eigenvalue weighted by molar-refractivity contribution is -0.528. The quantitative estimate of drug-likeness (QED) is 0.580. The molecule has 0 radical (unpaired) electrons. The third kappa shape index (κ3) is 3.68. The SMILES string of the molecule is O=C(C1CCCC(OC(F)F)C1)N1CCC2CC([N+](=O)[O-])CCC21. The van der Waals surface area contributed by atoms with Gasteiger partial charge >= 0.3 is 6.61 Å². The van der Waals surface area contributed by atoms with Crippen molar-refractivity contribution in [2.45, 2.75) is 76.2 Å². The van der Waals surface area contributed by atoms with Crippen molar-refractivity contribution in [1.82, 2.24) is 4.90 Å². The molecule has 5 atom stereocenters. The van der Waals surface area contributed by atoms with E-state index in [9.17, 15) is 23.7 Å². The van der Waals surface area contributed by atoms with Crippen molar-refractivity contribution < 1.29 is 23.2 Å². The van der Waals surface area contributed by atoms with Crippen molar-refractivity contribution in [2.24, 2.45) is 11.8 Å². The topological polar surface area (TPSA) is 72.7 Å². The molecule has 3 rings (SSSR count). The molecule has 24 heavy (non-hydrogen) atoms. The van der Waals surface area contributed by atoms with Crippen LogP contribution in [0.4, 0.5) is 8.78 Å². The van der Waals surface area contributed by atoms with Crippen LogP contribution >= 0.6 is 0 Å². The number of fused-ring (bicyclic) bond motifs is 1. The zero-order valence-electron chi connectivity index (χ0n) is 13.6. The van der Waals surface area contributed by atoms with E-state index in [1.807, 2.05) is 4.90 Å². The van der Waals surface area contributed by atoms with E-state index in [-0.39, 0.29) is 28.7 Å². The van der Waals surface area contributed by atoms with E-state index in [2.05, 4.69) is 4.74 Å². The van der Waals surface area contributed by atoms with E-state index in [1.165, 1.54) is 0 Å². The molecule has 0 spiro atoms. The molecule has 0 N–H and O–H groups in total. The molecule has 3 fully saturated rings. The minimum Gasteiger partial charge on any atom is -0.339 e. The summed E-state index contributed by atoms with van der Waals surface area (Å²) in [5.41, 5.74) is 0. The Hall–Kier alpha value is -1.31. The molecule has 1 heterocycles. The Labute approximate surface area is 139 Å². The van der Waals surface area contributed by atoms with Crippen molar-refractivity contribution in [3.63, 3.8) is 0 Å². The van der Waals surface area contributed by atoms with Gasteiger partial charge in [0.1, 0.15) is 0 Å². The maximum absolute atomic E-state index is 12.9. The van der Waals surface area contributed by atoms with Gasteiger partial charge in [0.05, 0.1) is 6.10 Å². The summed E-state index contributed by atoms with van der Waals surface area (Å²) < 4.78 is 29.4. The number of alkyl halides is 2. The molecule has 5 unspecified atom stereocenters. The largest absolute Gasteiger partial charge is 0.345 e. The average molecular weight is 346 g/mol. The third-order valence-corrected chi connectivity index (χ3v) is 5.91. The number of hydrogen-bond donors (Lipinski definition) is 0. The summed E-state index contributed by atoms with van der Waals surface area (Å²) in [6.07, 6.45) is 4.36. The van der Waals surface area contributed by atoms with Gasteiger partial charge in [-0.2, -0.15) is 8.78 Å². The minimum atomic E-state index is -2.79. The summed E-state index contributed by atoms with van der Waals surface area (Å²) in [5, 5.41) is 11.0. The Bertz CT molecular complexity index is 491. The molecule has 0 aromatic rings.